The number of hydrogen-bond acceptors (Lipinski definition) is 4. The molecule has 0 amide bonds. The molecule has 0 fully saturated rings. The second-order valence-corrected chi connectivity index (χ2v) is 2.42. The van der Waals surface area contributed by atoms with Crippen molar-refractivity contribution in [1.29, 1.82) is 0 Å². The van der Waals surface area contributed by atoms with Crippen molar-refractivity contribution < 1.29 is 8.81 Å². The van der Waals surface area contributed by atoms with Crippen LogP contribution in [0, 0.1) is 5.82 Å². The highest BCUT2D eigenvalue weighted by molar-refractivity contribution is 5.51. The molecule has 4 nitrogen and oxygen atoms in total. The van der Waals surface area contributed by atoms with Crippen molar-refractivity contribution >= 4 is 6.01 Å². The van der Waals surface area contributed by atoms with E-state index >= 15 is 0 Å². The maximum Gasteiger partial charge on any atom is 0.292 e. The second-order valence-electron chi connectivity index (χ2n) is 2.42. The molecule has 0 aliphatic carbocycles. The van der Waals surface area contributed by atoms with E-state index in [2.05, 4.69) is 9.97 Å². The van der Waals surface area contributed by atoms with Gasteiger partial charge in [-0.05, 0) is 6.07 Å². The van der Waals surface area contributed by atoms with Crippen LogP contribution in [0.2, 0.25) is 0 Å². The monoisotopic (exact) mass is 179 g/mol. The lowest BCUT2D eigenvalue weighted by Gasteiger charge is -1.93. The first-order chi connectivity index (χ1) is 6.25. The predicted molar refractivity (Wildman–Crippen MR) is 44.1 cm³/mol. The summed E-state index contributed by atoms with van der Waals surface area (Å²) >= 11 is 0. The van der Waals surface area contributed by atoms with Crippen LogP contribution in [0.15, 0.2) is 28.9 Å². The number of pyridine rings is 1. The lowest BCUT2D eigenvalue weighted by molar-refractivity contribution is 0.588. The van der Waals surface area contributed by atoms with Gasteiger partial charge in [0.1, 0.15) is 11.5 Å². The molecule has 0 atom stereocenters. The Morgan fingerprint density at radius 1 is 1.38 bits per heavy atom. The molecule has 0 spiro atoms. The van der Waals surface area contributed by atoms with Gasteiger partial charge in [0.15, 0.2) is 5.76 Å². The largest absolute Gasteiger partial charge is 0.422 e. The third-order valence-electron chi connectivity index (χ3n) is 1.50. The van der Waals surface area contributed by atoms with Crippen LogP contribution in [0.5, 0.6) is 0 Å². The Kier molecular flexibility index (Phi) is 1.70. The van der Waals surface area contributed by atoms with E-state index in [-0.39, 0.29) is 11.8 Å². The molecular formula is C8H6FN3O. The van der Waals surface area contributed by atoms with Gasteiger partial charge in [-0.2, -0.15) is 0 Å². The maximum absolute atomic E-state index is 12.7. The zero-order valence-electron chi connectivity index (χ0n) is 6.57. The quantitative estimate of drug-likeness (QED) is 0.719. The summed E-state index contributed by atoms with van der Waals surface area (Å²) in [6.07, 6.45) is 2.75. The Bertz CT molecular complexity index is 427. The summed E-state index contributed by atoms with van der Waals surface area (Å²) in [5.41, 5.74) is 5.63. The van der Waals surface area contributed by atoms with Gasteiger partial charge >= 0.3 is 0 Å². The molecule has 0 bridgehead atoms. The molecule has 2 heterocycles. The van der Waals surface area contributed by atoms with Crippen molar-refractivity contribution in [1.82, 2.24) is 9.97 Å². The molecule has 2 N–H and O–H groups in total. The highest BCUT2D eigenvalue weighted by Crippen LogP contribution is 2.18. The van der Waals surface area contributed by atoms with Crippen LogP contribution >= 0.6 is 0 Å². The average molecular weight is 179 g/mol. The third kappa shape index (κ3) is 1.48. The fraction of sp³-hybridized carbons (Fsp3) is 0. The maximum atomic E-state index is 12.7. The molecule has 0 aliphatic heterocycles. The van der Waals surface area contributed by atoms with Crippen molar-refractivity contribution in [2.45, 2.75) is 0 Å². The molecule has 2 rings (SSSR count). The van der Waals surface area contributed by atoms with Crippen molar-refractivity contribution in [3.63, 3.8) is 0 Å². The molecule has 0 radical (unpaired) electrons. The summed E-state index contributed by atoms with van der Waals surface area (Å²) in [7, 11) is 0. The normalized spacial score (nSPS) is 10.2. The average Bonchev–Trinajstić information content (AvgIpc) is 2.52. The molecule has 0 unspecified atom stereocenters. The van der Waals surface area contributed by atoms with Gasteiger partial charge in [-0.15, -0.1) is 0 Å². The SMILES string of the molecule is Nc1ncc(-c2cc(F)ccn2)o1. The fourth-order valence-corrected chi connectivity index (χ4v) is 0.946. The second kappa shape index (κ2) is 2.85. The van der Waals surface area contributed by atoms with Gasteiger partial charge in [0, 0.05) is 12.3 Å². The van der Waals surface area contributed by atoms with E-state index in [0.717, 1.165) is 0 Å². The molecule has 2 aromatic heterocycles. The van der Waals surface area contributed by atoms with Crippen LogP contribution in [0.25, 0.3) is 11.5 Å². The summed E-state index contributed by atoms with van der Waals surface area (Å²) in [4.78, 5) is 7.57. The van der Waals surface area contributed by atoms with Crippen LogP contribution < -0.4 is 5.73 Å². The molecule has 2 aromatic rings. The summed E-state index contributed by atoms with van der Waals surface area (Å²) < 4.78 is 17.7. The van der Waals surface area contributed by atoms with Gasteiger partial charge in [-0.25, -0.2) is 9.37 Å². The van der Waals surface area contributed by atoms with E-state index in [1.165, 1.54) is 24.5 Å². The first-order valence-corrected chi connectivity index (χ1v) is 3.59. The Morgan fingerprint density at radius 2 is 2.23 bits per heavy atom. The van der Waals surface area contributed by atoms with Crippen molar-refractivity contribution in [3.8, 4) is 11.5 Å². The standard InChI is InChI=1S/C8H6FN3O/c9-5-1-2-11-6(3-5)7-4-12-8(10)13-7/h1-4H,(H2,10,12). The molecule has 13 heavy (non-hydrogen) atoms. The summed E-state index contributed by atoms with van der Waals surface area (Å²) in [6.45, 7) is 0. The van der Waals surface area contributed by atoms with E-state index < -0.39 is 0 Å². The first kappa shape index (κ1) is 7.72. The molecule has 0 saturated carbocycles. The van der Waals surface area contributed by atoms with E-state index in [0.29, 0.717) is 11.5 Å². The Balaban J connectivity index is 2.46. The summed E-state index contributed by atoms with van der Waals surface area (Å²) in [6, 6.07) is 2.55. The molecule has 5 heteroatoms. The highest BCUT2D eigenvalue weighted by atomic mass is 19.1. The number of aromatic nitrogens is 2. The van der Waals surface area contributed by atoms with E-state index in [9.17, 15) is 4.39 Å². The fourth-order valence-electron chi connectivity index (χ4n) is 0.946. The zero-order chi connectivity index (χ0) is 9.26. The molecule has 0 aliphatic rings. The third-order valence-corrected chi connectivity index (χ3v) is 1.50. The van der Waals surface area contributed by atoms with Crippen LogP contribution in [-0.2, 0) is 0 Å². The topological polar surface area (TPSA) is 64.9 Å². The van der Waals surface area contributed by atoms with Crippen molar-refractivity contribution in [2.75, 3.05) is 5.73 Å². The van der Waals surface area contributed by atoms with Crippen LogP contribution in [0.3, 0.4) is 0 Å². The number of nitrogens with two attached hydrogens (primary N) is 1. The molecule has 0 aromatic carbocycles. The first-order valence-electron chi connectivity index (χ1n) is 3.59. The number of oxazole rings is 1. The van der Waals surface area contributed by atoms with E-state index in [4.69, 9.17) is 10.2 Å². The minimum absolute atomic E-state index is 0.0426. The van der Waals surface area contributed by atoms with Crippen LogP contribution in [0.4, 0.5) is 10.4 Å². The summed E-state index contributed by atoms with van der Waals surface area (Å²) in [5.74, 6) is -0.0167. The number of hydrogen-bond donors (Lipinski definition) is 1. The lowest BCUT2D eigenvalue weighted by Crippen LogP contribution is -1.82. The molecule has 0 saturated heterocycles. The Morgan fingerprint density at radius 3 is 2.85 bits per heavy atom. The minimum atomic E-state index is -0.375. The van der Waals surface area contributed by atoms with E-state index in [1.807, 2.05) is 0 Å². The summed E-state index contributed by atoms with van der Waals surface area (Å²) in [5, 5.41) is 0. The van der Waals surface area contributed by atoms with Crippen molar-refractivity contribution in [2.24, 2.45) is 0 Å². The van der Waals surface area contributed by atoms with Gasteiger partial charge in [-0.3, -0.25) is 4.98 Å². The molecule has 66 valence electrons. The number of nitrogens with zero attached hydrogens (tertiary/aromatic N) is 2. The zero-order valence-corrected chi connectivity index (χ0v) is 6.57. The van der Waals surface area contributed by atoms with Crippen LogP contribution in [0.1, 0.15) is 0 Å². The minimum Gasteiger partial charge on any atom is -0.422 e. The lowest BCUT2D eigenvalue weighted by atomic mass is 10.3. The van der Waals surface area contributed by atoms with Gasteiger partial charge in [0.05, 0.1) is 6.20 Å². The van der Waals surface area contributed by atoms with Crippen LogP contribution in [-0.4, -0.2) is 9.97 Å². The van der Waals surface area contributed by atoms with Crippen molar-refractivity contribution in [3.05, 3.63) is 30.3 Å². The van der Waals surface area contributed by atoms with Gasteiger partial charge in [0.25, 0.3) is 6.01 Å². The highest BCUT2D eigenvalue weighted by Gasteiger charge is 2.05. The van der Waals surface area contributed by atoms with Gasteiger partial charge < -0.3 is 10.2 Å². The number of nitrogen functional groups attached to an aromatic ring is 1. The Labute approximate surface area is 73.2 Å². The number of halogens is 1. The smallest absolute Gasteiger partial charge is 0.292 e. The van der Waals surface area contributed by atoms with Gasteiger partial charge in [0.2, 0.25) is 0 Å². The number of rotatable bonds is 1. The Hall–Kier alpha value is -1.91. The molecular weight excluding hydrogens is 173 g/mol. The van der Waals surface area contributed by atoms with Gasteiger partial charge in [-0.1, -0.05) is 0 Å². The van der Waals surface area contributed by atoms with E-state index in [1.54, 1.807) is 0 Å². The number of anilines is 1. The predicted octanol–water partition coefficient (Wildman–Crippen LogP) is 1.46.